The highest BCUT2D eigenvalue weighted by molar-refractivity contribution is 7.92. The quantitative estimate of drug-likeness (QED) is 0.742. The molecule has 0 spiro atoms. The zero-order valence-electron chi connectivity index (χ0n) is 11.4. The van der Waals surface area contributed by atoms with Crippen LogP contribution in [-0.2, 0) is 10.0 Å². The van der Waals surface area contributed by atoms with E-state index in [1.165, 1.54) is 17.1 Å². The van der Waals surface area contributed by atoms with Crippen LogP contribution in [0.3, 0.4) is 0 Å². The van der Waals surface area contributed by atoms with Gasteiger partial charge in [0, 0.05) is 13.1 Å². The fourth-order valence-electron chi connectivity index (χ4n) is 1.94. The Morgan fingerprint density at radius 3 is 2.53 bits per heavy atom. The van der Waals surface area contributed by atoms with E-state index < -0.39 is 10.0 Å². The number of rotatable bonds is 8. The van der Waals surface area contributed by atoms with E-state index in [-0.39, 0.29) is 5.75 Å². The van der Waals surface area contributed by atoms with Gasteiger partial charge in [-0.05, 0) is 44.4 Å². The summed E-state index contributed by atoms with van der Waals surface area (Å²) < 4.78 is 25.7. The summed E-state index contributed by atoms with van der Waals surface area (Å²) >= 11 is 0. The lowest BCUT2D eigenvalue weighted by atomic mass is 10.3. The maximum absolute atomic E-state index is 12.1. The van der Waals surface area contributed by atoms with Gasteiger partial charge >= 0.3 is 0 Å². The van der Waals surface area contributed by atoms with Crippen LogP contribution in [0.4, 0.5) is 5.69 Å². The number of sulfonamides is 1. The standard InChI is InChI=1S/C14H22N2O2S/c1-16(14-7-3-2-4-8-14)19(17,18)12-6-5-11-15-13-9-10-13/h2-4,7-8,13,15H,5-6,9-12H2,1H3. The summed E-state index contributed by atoms with van der Waals surface area (Å²) in [4.78, 5) is 0. The summed E-state index contributed by atoms with van der Waals surface area (Å²) in [6.07, 6.45) is 4.17. The second kappa shape index (κ2) is 6.39. The first-order valence-electron chi connectivity index (χ1n) is 6.84. The average molecular weight is 282 g/mol. The molecule has 1 N–H and O–H groups in total. The van der Waals surface area contributed by atoms with Gasteiger partial charge in [0.05, 0.1) is 11.4 Å². The van der Waals surface area contributed by atoms with Crippen molar-refractivity contribution in [2.45, 2.75) is 31.7 Å². The molecule has 4 nitrogen and oxygen atoms in total. The number of nitrogens with zero attached hydrogens (tertiary/aromatic N) is 1. The van der Waals surface area contributed by atoms with E-state index in [0.29, 0.717) is 12.5 Å². The molecule has 1 aromatic rings. The van der Waals surface area contributed by atoms with Gasteiger partial charge in [-0.15, -0.1) is 0 Å². The molecule has 1 aromatic carbocycles. The molecule has 0 atom stereocenters. The van der Waals surface area contributed by atoms with Gasteiger partial charge in [-0.1, -0.05) is 18.2 Å². The zero-order chi connectivity index (χ0) is 13.7. The number of unbranched alkanes of at least 4 members (excludes halogenated alkanes) is 1. The van der Waals surface area contributed by atoms with E-state index in [0.717, 1.165) is 18.7 Å². The molecular formula is C14H22N2O2S. The number of hydrogen-bond donors (Lipinski definition) is 1. The monoisotopic (exact) mass is 282 g/mol. The normalized spacial score (nSPS) is 15.4. The van der Waals surface area contributed by atoms with Crippen molar-refractivity contribution in [3.8, 4) is 0 Å². The molecule has 1 fully saturated rings. The first-order chi connectivity index (χ1) is 9.09. The van der Waals surface area contributed by atoms with E-state index in [9.17, 15) is 8.42 Å². The van der Waals surface area contributed by atoms with E-state index in [4.69, 9.17) is 0 Å². The highest BCUT2D eigenvalue weighted by Gasteiger charge is 2.20. The van der Waals surface area contributed by atoms with Crippen LogP contribution >= 0.6 is 0 Å². The highest BCUT2D eigenvalue weighted by atomic mass is 32.2. The molecule has 19 heavy (non-hydrogen) atoms. The van der Waals surface area contributed by atoms with Crippen molar-refractivity contribution in [2.24, 2.45) is 0 Å². The fraction of sp³-hybridized carbons (Fsp3) is 0.571. The molecule has 0 amide bonds. The van der Waals surface area contributed by atoms with Crippen LogP contribution in [0, 0.1) is 0 Å². The second-order valence-electron chi connectivity index (χ2n) is 5.05. The van der Waals surface area contributed by atoms with Gasteiger partial charge in [0.1, 0.15) is 0 Å². The molecule has 5 heteroatoms. The Kier molecular flexibility index (Phi) is 4.82. The Bertz CT molecular complexity index is 483. The second-order valence-corrected chi connectivity index (χ2v) is 7.17. The number of para-hydroxylation sites is 1. The van der Waals surface area contributed by atoms with Crippen molar-refractivity contribution in [3.63, 3.8) is 0 Å². The predicted molar refractivity (Wildman–Crippen MR) is 78.9 cm³/mol. The van der Waals surface area contributed by atoms with Crippen LogP contribution in [0.2, 0.25) is 0 Å². The SMILES string of the molecule is CN(c1ccccc1)S(=O)(=O)CCCCNC1CC1. The molecule has 1 aliphatic carbocycles. The molecule has 0 heterocycles. The van der Waals surface area contributed by atoms with Crippen LogP contribution in [0.25, 0.3) is 0 Å². The van der Waals surface area contributed by atoms with Crippen LogP contribution in [0.1, 0.15) is 25.7 Å². The molecule has 2 rings (SSSR count). The molecule has 0 saturated heterocycles. The summed E-state index contributed by atoms with van der Waals surface area (Å²) in [5.74, 6) is 0.213. The van der Waals surface area contributed by atoms with E-state index >= 15 is 0 Å². The van der Waals surface area contributed by atoms with Gasteiger partial charge in [-0.3, -0.25) is 4.31 Å². The van der Waals surface area contributed by atoms with Crippen LogP contribution in [0.15, 0.2) is 30.3 Å². The van der Waals surface area contributed by atoms with Crippen molar-refractivity contribution in [2.75, 3.05) is 23.7 Å². The first-order valence-corrected chi connectivity index (χ1v) is 8.45. The first kappa shape index (κ1) is 14.3. The third-order valence-corrected chi connectivity index (χ3v) is 5.23. The molecule has 0 unspecified atom stereocenters. The molecule has 0 aliphatic heterocycles. The summed E-state index contributed by atoms with van der Waals surface area (Å²) in [6, 6.07) is 9.90. The van der Waals surface area contributed by atoms with Crippen molar-refractivity contribution in [1.29, 1.82) is 0 Å². The van der Waals surface area contributed by atoms with Gasteiger partial charge in [0.2, 0.25) is 10.0 Å². The lowest BCUT2D eigenvalue weighted by molar-refractivity contribution is 0.584. The van der Waals surface area contributed by atoms with E-state index in [1.807, 2.05) is 30.3 Å². The Labute approximate surface area is 115 Å². The predicted octanol–water partition coefficient (Wildman–Crippen LogP) is 1.98. The molecule has 0 radical (unpaired) electrons. The number of hydrogen-bond acceptors (Lipinski definition) is 3. The minimum Gasteiger partial charge on any atom is -0.314 e. The van der Waals surface area contributed by atoms with Gasteiger partial charge < -0.3 is 5.32 Å². The van der Waals surface area contributed by atoms with Crippen LogP contribution in [0.5, 0.6) is 0 Å². The molecule has 1 saturated carbocycles. The van der Waals surface area contributed by atoms with Crippen molar-refractivity contribution < 1.29 is 8.42 Å². The van der Waals surface area contributed by atoms with Crippen molar-refractivity contribution in [3.05, 3.63) is 30.3 Å². The summed E-state index contributed by atoms with van der Waals surface area (Å²) in [6.45, 7) is 0.926. The number of benzene rings is 1. The van der Waals surface area contributed by atoms with Crippen molar-refractivity contribution >= 4 is 15.7 Å². The Balaban J connectivity index is 1.76. The summed E-state index contributed by atoms with van der Waals surface area (Å²) in [5.41, 5.74) is 0.721. The third-order valence-electron chi connectivity index (χ3n) is 3.38. The average Bonchev–Trinajstić information content (AvgIpc) is 3.22. The Morgan fingerprint density at radius 2 is 1.89 bits per heavy atom. The van der Waals surface area contributed by atoms with Gasteiger partial charge in [-0.2, -0.15) is 0 Å². The maximum Gasteiger partial charge on any atom is 0.234 e. The summed E-state index contributed by atoms with van der Waals surface area (Å²) in [7, 11) is -1.57. The lowest BCUT2D eigenvalue weighted by Gasteiger charge is -2.19. The van der Waals surface area contributed by atoms with E-state index in [2.05, 4.69) is 5.32 Å². The fourth-order valence-corrected chi connectivity index (χ4v) is 3.22. The topological polar surface area (TPSA) is 49.4 Å². The minimum atomic E-state index is -3.19. The van der Waals surface area contributed by atoms with Gasteiger partial charge in [0.25, 0.3) is 0 Å². The Morgan fingerprint density at radius 1 is 1.21 bits per heavy atom. The minimum absolute atomic E-state index is 0.213. The van der Waals surface area contributed by atoms with E-state index in [1.54, 1.807) is 7.05 Å². The number of nitrogens with one attached hydrogen (secondary N) is 1. The zero-order valence-corrected chi connectivity index (χ0v) is 12.2. The van der Waals surface area contributed by atoms with Crippen LogP contribution in [-0.4, -0.2) is 33.8 Å². The highest BCUT2D eigenvalue weighted by Crippen LogP contribution is 2.19. The number of anilines is 1. The lowest BCUT2D eigenvalue weighted by Crippen LogP contribution is -2.29. The van der Waals surface area contributed by atoms with Gasteiger partial charge in [-0.25, -0.2) is 8.42 Å². The Hall–Kier alpha value is -1.07. The van der Waals surface area contributed by atoms with Crippen LogP contribution < -0.4 is 9.62 Å². The largest absolute Gasteiger partial charge is 0.314 e. The molecular weight excluding hydrogens is 260 g/mol. The smallest absolute Gasteiger partial charge is 0.234 e. The molecule has 0 aromatic heterocycles. The maximum atomic E-state index is 12.1. The molecule has 106 valence electrons. The van der Waals surface area contributed by atoms with Gasteiger partial charge in [0.15, 0.2) is 0 Å². The molecule has 0 bridgehead atoms. The summed E-state index contributed by atoms with van der Waals surface area (Å²) in [5, 5.41) is 3.40. The van der Waals surface area contributed by atoms with Crippen molar-refractivity contribution in [1.82, 2.24) is 5.32 Å². The molecule has 1 aliphatic rings. The third kappa shape index (κ3) is 4.51.